The highest BCUT2D eigenvalue weighted by Gasteiger charge is 1.93. The van der Waals surface area contributed by atoms with E-state index in [9.17, 15) is 0 Å². The first-order valence-electron chi connectivity index (χ1n) is 4.74. The summed E-state index contributed by atoms with van der Waals surface area (Å²) in [5, 5.41) is 4.40. The summed E-state index contributed by atoms with van der Waals surface area (Å²) >= 11 is 0. The van der Waals surface area contributed by atoms with E-state index in [1.807, 2.05) is 30.3 Å². The molecule has 0 radical (unpaired) electrons. The minimum atomic E-state index is 0.196. The van der Waals surface area contributed by atoms with Crippen LogP contribution in [-0.4, -0.2) is 11.5 Å². The molecule has 4 nitrogen and oxygen atoms in total. The van der Waals surface area contributed by atoms with E-state index in [-0.39, 0.29) is 6.54 Å². The number of azide groups is 1. The Hall–Kier alpha value is -2.50. The lowest BCUT2D eigenvalue weighted by atomic mass is 10.1. The van der Waals surface area contributed by atoms with Gasteiger partial charge in [-0.1, -0.05) is 23.0 Å². The third kappa shape index (κ3) is 2.30. The van der Waals surface area contributed by atoms with E-state index in [4.69, 9.17) is 5.53 Å². The number of aromatic nitrogens is 1. The Morgan fingerprint density at radius 3 is 3.19 bits per heavy atom. The van der Waals surface area contributed by atoms with Crippen molar-refractivity contribution in [3.8, 4) is 11.8 Å². The molecule has 2 aromatic rings. The zero-order chi connectivity index (χ0) is 11.2. The Labute approximate surface area is 92.6 Å². The Bertz CT molecular complexity index is 615. The smallest absolute Gasteiger partial charge is 0.0880 e. The molecular formula is C12H8N4. The van der Waals surface area contributed by atoms with Crippen molar-refractivity contribution in [1.29, 1.82) is 0 Å². The van der Waals surface area contributed by atoms with Gasteiger partial charge < -0.3 is 0 Å². The molecule has 76 valence electrons. The summed E-state index contributed by atoms with van der Waals surface area (Å²) in [5.41, 5.74) is 9.93. The van der Waals surface area contributed by atoms with Crippen LogP contribution < -0.4 is 0 Å². The van der Waals surface area contributed by atoms with Crippen molar-refractivity contribution >= 4 is 10.9 Å². The average molecular weight is 208 g/mol. The van der Waals surface area contributed by atoms with Gasteiger partial charge in [0.2, 0.25) is 0 Å². The first-order valence-corrected chi connectivity index (χ1v) is 4.74. The second kappa shape index (κ2) is 4.83. The van der Waals surface area contributed by atoms with Gasteiger partial charge >= 0.3 is 0 Å². The van der Waals surface area contributed by atoms with Gasteiger partial charge in [-0.15, -0.1) is 0 Å². The Morgan fingerprint density at radius 2 is 2.31 bits per heavy atom. The van der Waals surface area contributed by atoms with Gasteiger partial charge in [-0.3, -0.25) is 4.98 Å². The predicted molar refractivity (Wildman–Crippen MR) is 62.6 cm³/mol. The maximum Gasteiger partial charge on any atom is 0.0880 e. The Kier molecular flexibility index (Phi) is 3.03. The van der Waals surface area contributed by atoms with Gasteiger partial charge in [0.25, 0.3) is 0 Å². The third-order valence-corrected chi connectivity index (χ3v) is 2.05. The van der Waals surface area contributed by atoms with E-state index >= 15 is 0 Å². The topological polar surface area (TPSA) is 61.7 Å². The van der Waals surface area contributed by atoms with Gasteiger partial charge in [-0.05, 0) is 29.8 Å². The summed E-state index contributed by atoms with van der Waals surface area (Å²) in [6.07, 6.45) is 1.76. The number of pyridine rings is 1. The standard InChI is InChI=1S/C12H8N4/c13-16-15-8-1-3-10-5-6-12-11(9-10)4-2-7-14-12/h2,4-7,9H,8H2. The molecule has 0 spiro atoms. The quantitative estimate of drug-likeness (QED) is 0.307. The van der Waals surface area contributed by atoms with E-state index in [0.29, 0.717) is 0 Å². The summed E-state index contributed by atoms with van der Waals surface area (Å²) in [6.45, 7) is 0.196. The summed E-state index contributed by atoms with van der Waals surface area (Å²) in [6, 6.07) is 9.66. The zero-order valence-electron chi connectivity index (χ0n) is 8.46. The van der Waals surface area contributed by atoms with Crippen molar-refractivity contribution in [2.45, 2.75) is 0 Å². The van der Waals surface area contributed by atoms with Crippen molar-refractivity contribution in [1.82, 2.24) is 4.98 Å². The van der Waals surface area contributed by atoms with Crippen LogP contribution in [-0.2, 0) is 0 Å². The molecule has 2 rings (SSSR count). The molecule has 1 aromatic heterocycles. The number of hydrogen-bond acceptors (Lipinski definition) is 2. The molecule has 16 heavy (non-hydrogen) atoms. The fourth-order valence-electron chi connectivity index (χ4n) is 1.36. The third-order valence-electron chi connectivity index (χ3n) is 2.05. The normalized spacial score (nSPS) is 9.00. The van der Waals surface area contributed by atoms with E-state index in [2.05, 4.69) is 26.9 Å². The molecule has 0 N–H and O–H groups in total. The van der Waals surface area contributed by atoms with Crippen LogP contribution in [0.3, 0.4) is 0 Å². The molecule has 0 bridgehead atoms. The van der Waals surface area contributed by atoms with Crippen LogP contribution in [0.2, 0.25) is 0 Å². The van der Waals surface area contributed by atoms with Crippen molar-refractivity contribution < 1.29 is 0 Å². The average Bonchev–Trinajstić information content (AvgIpc) is 2.34. The van der Waals surface area contributed by atoms with Crippen LogP contribution >= 0.6 is 0 Å². The Balaban J connectivity index is 2.31. The van der Waals surface area contributed by atoms with Gasteiger partial charge in [-0.25, -0.2) is 0 Å². The lowest BCUT2D eigenvalue weighted by molar-refractivity contribution is 1.25. The molecule has 0 fully saturated rings. The number of hydrogen-bond donors (Lipinski definition) is 0. The largest absolute Gasteiger partial charge is 0.256 e. The van der Waals surface area contributed by atoms with Gasteiger partial charge in [0.05, 0.1) is 12.1 Å². The minimum absolute atomic E-state index is 0.196. The maximum absolute atomic E-state index is 8.09. The first-order chi connectivity index (χ1) is 7.90. The fourth-order valence-corrected chi connectivity index (χ4v) is 1.36. The molecule has 0 aliphatic carbocycles. The molecular weight excluding hydrogens is 200 g/mol. The molecule has 0 aliphatic heterocycles. The second-order valence-corrected chi connectivity index (χ2v) is 3.10. The van der Waals surface area contributed by atoms with Crippen LogP contribution in [0.1, 0.15) is 5.56 Å². The van der Waals surface area contributed by atoms with Crippen LogP contribution in [0.15, 0.2) is 41.6 Å². The van der Waals surface area contributed by atoms with Crippen LogP contribution in [0, 0.1) is 11.8 Å². The predicted octanol–water partition coefficient (Wildman–Crippen LogP) is 2.90. The highest BCUT2D eigenvalue weighted by Crippen LogP contribution is 2.12. The van der Waals surface area contributed by atoms with Gasteiger partial charge in [0, 0.05) is 22.1 Å². The minimum Gasteiger partial charge on any atom is -0.256 e. The van der Waals surface area contributed by atoms with E-state index in [0.717, 1.165) is 16.5 Å². The van der Waals surface area contributed by atoms with Crippen LogP contribution in [0.25, 0.3) is 21.3 Å². The van der Waals surface area contributed by atoms with Crippen molar-refractivity contribution in [3.63, 3.8) is 0 Å². The summed E-state index contributed by atoms with van der Waals surface area (Å²) in [7, 11) is 0. The molecule has 1 heterocycles. The van der Waals surface area contributed by atoms with Gasteiger partial charge in [0.15, 0.2) is 0 Å². The van der Waals surface area contributed by atoms with Crippen LogP contribution in [0.5, 0.6) is 0 Å². The van der Waals surface area contributed by atoms with Crippen molar-refractivity contribution in [2.24, 2.45) is 5.11 Å². The van der Waals surface area contributed by atoms with E-state index < -0.39 is 0 Å². The number of benzene rings is 1. The lowest BCUT2D eigenvalue weighted by Gasteiger charge is -1.96. The molecule has 0 unspecified atom stereocenters. The van der Waals surface area contributed by atoms with E-state index in [1.165, 1.54) is 0 Å². The molecule has 0 amide bonds. The van der Waals surface area contributed by atoms with Crippen molar-refractivity contribution in [2.75, 3.05) is 6.54 Å². The zero-order valence-corrected chi connectivity index (χ0v) is 8.46. The molecule has 0 aliphatic rings. The maximum atomic E-state index is 8.09. The molecule has 4 heteroatoms. The van der Waals surface area contributed by atoms with Gasteiger partial charge in [0.1, 0.15) is 0 Å². The highest BCUT2D eigenvalue weighted by atomic mass is 15.1. The monoisotopic (exact) mass is 208 g/mol. The number of fused-ring (bicyclic) bond motifs is 1. The molecule has 0 saturated carbocycles. The molecule has 0 atom stereocenters. The lowest BCUT2D eigenvalue weighted by Crippen LogP contribution is -1.80. The molecule has 0 saturated heterocycles. The number of rotatable bonds is 1. The second-order valence-electron chi connectivity index (χ2n) is 3.10. The van der Waals surface area contributed by atoms with Crippen LogP contribution in [0.4, 0.5) is 0 Å². The highest BCUT2D eigenvalue weighted by molar-refractivity contribution is 5.79. The summed E-state index contributed by atoms with van der Waals surface area (Å²) < 4.78 is 0. The van der Waals surface area contributed by atoms with Crippen molar-refractivity contribution in [3.05, 3.63) is 52.5 Å². The number of nitrogens with zero attached hydrogens (tertiary/aromatic N) is 4. The fraction of sp³-hybridized carbons (Fsp3) is 0.0833. The summed E-state index contributed by atoms with van der Waals surface area (Å²) in [4.78, 5) is 6.85. The molecule has 1 aromatic carbocycles. The SMILES string of the molecule is [N-]=[N+]=NCC#Cc1ccc2ncccc2c1. The summed E-state index contributed by atoms with van der Waals surface area (Å²) in [5.74, 6) is 5.71. The first kappa shape index (κ1) is 10.0. The van der Waals surface area contributed by atoms with E-state index in [1.54, 1.807) is 6.20 Å². The van der Waals surface area contributed by atoms with Gasteiger partial charge in [-0.2, -0.15) is 0 Å². The Morgan fingerprint density at radius 1 is 1.38 bits per heavy atom.